The summed E-state index contributed by atoms with van der Waals surface area (Å²) in [7, 11) is 1.40. The number of benzene rings is 1. The minimum Gasteiger partial charge on any atom is -0.465 e. The molecule has 3 nitrogen and oxygen atoms in total. The molecule has 0 saturated heterocycles. The molecule has 0 radical (unpaired) electrons. The Morgan fingerprint density at radius 2 is 2.05 bits per heavy atom. The van der Waals surface area contributed by atoms with Crippen LogP contribution in [-0.2, 0) is 11.3 Å². The summed E-state index contributed by atoms with van der Waals surface area (Å²) in [6.45, 7) is 3.00. The van der Waals surface area contributed by atoms with Crippen molar-refractivity contribution in [1.82, 2.24) is 5.32 Å². The number of carbonyl (C=O) groups excluding carboxylic acids is 1. The van der Waals surface area contributed by atoms with E-state index in [0.717, 1.165) is 19.4 Å². The lowest BCUT2D eigenvalue weighted by molar-refractivity contribution is 0.0600. The Morgan fingerprint density at radius 1 is 1.29 bits per heavy atom. The Bertz CT molecular complexity index is 549. The maximum Gasteiger partial charge on any atom is 0.337 e. The van der Waals surface area contributed by atoms with Crippen LogP contribution < -0.4 is 5.32 Å². The highest BCUT2D eigenvalue weighted by molar-refractivity contribution is 7.10. The van der Waals surface area contributed by atoms with Crippen molar-refractivity contribution in [3.8, 4) is 0 Å². The largest absolute Gasteiger partial charge is 0.465 e. The van der Waals surface area contributed by atoms with Gasteiger partial charge < -0.3 is 10.1 Å². The van der Waals surface area contributed by atoms with Gasteiger partial charge in [-0.3, -0.25) is 0 Å². The van der Waals surface area contributed by atoms with Gasteiger partial charge in [0.05, 0.1) is 12.7 Å². The van der Waals surface area contributed by atoms with Crippen molar-refractivity contribution in [2.45, 2.75) is 32.4 Å². The molecule has 0 spiro atoms. The van der Waals surface area contributed by atoms with Gasteiger partial charge in [0.15, 0.2) is 0 Å². The van der Waals surface area contributed by atoms with Gasteiger partial charge in [-0.25, -0.2) is 4.79 Å². The summed E-state index contributed by atoms with van der Waals surface area (Å²) < 4.78 is 4.70. The maximum absolute atomic E-state index is 11.4. The first kappa shape index (κ1) is 15.7. The number of rotatable bonds is 7. The van der Waals surface area contributed by atoms with Crippen molar-refractivity contribution in [2.24, 2.45) is 0 Å². The fourth-order valence-electron chi connectivity index (χ4n) is 2.24. The lowest BCUT2D eigenvalue weighted by Crippen LogP contribution is -2.20. The minimum atomic E-state index is -0.294. The molecule has 0 aliphatic carbocycles. The van der Waals surface area contributed by atoms with Gasteiger partial charge in [0, 0.05) is 17.5 Å². The van der Waals surface area contributed by atoms with Crippen LogP contribution in [0.4, 0.5) is 0 Å². The average Bonchev–Trinajstić information content (AvgIpc) is 3.05. The summed E-state index contributed by atoms with van der Waals surface area (Å²) in [6.07, 6.45) is 2.28. The van der Waals surface area contributed by atoms with Gasteiger partial charge in [0.25, 0.3) is 0 Å². The molecule has 0 amide bonds. The third-order valence-electron chi connectivity index (χ3n) is 3.39. The molecule has 1 N–H and O–H groups in total. The number of hydrogen-bond acceptors (Lipinski definition) is 4. The normalized spacial score (nSPS) is 12.1. The Morgan fingerprint density at radius 3 is 2.62 bits per heavy atom. The average molecular weight is 303 g/mol. The minimum absolute atomic E-state index is 0.294. The summed E-state index contributed by atoms with van der Waals surface area (Å²) >= 11 is 1.79. The fraction of sp³-hybridized carbons (Fsp3) is 0.353. The maximum atomic E-state index is 11.4. The summed E-state index contributed by atoms with van der Waals surface area (Å²) in [4.78, 5) is 12.8. The predicted octanol–water partition coefficient (Wildman–Crippen LogP) is 4.17. The molecule has 1 atom stereocenters. The Hall–Kier alpha value is -1.65. The Balaban J connectivity index is 1.96. The Labute approximate surface area is 130 Å². The fourth-order valence-corrected chi connectivity index (χ4v) is 3.08. The first-order valence-electron chi connectivity index (χ1n) is 7.18. The van der Waals surface area contributed by atoms with Crippen molar-refractivity contribution >= 4 is 17.3 Å². The Kier molecular flexibility index (Phi) is 5.96. The van der Waals surface area contributed by atoms with Crippen LogP contribution in [0, 0.1) is 0 Å². The first-order chi connectivity index (χ1) is 10.2. The molecule has 0 aliphatic rings. The molecule has 4 heteroatoms. The molecule has 112 valence electrons. The van der Waals surface area contributed by atoms with E-state index < -0.39 is 0 Å². The van der Waals surface area contributed by atoms with Crippen LogP contribution in [0.5, 0.6) is 0 Å². The molecule has 2 aromatic rings. The molecule has 1 aromatic heterocycles. The van der Waals surface area contributed by atoms with Gasteiger partial charge in [0.1, 0.15) is 0 Å². The van der Waals surface area contributed by atoms with Crippen LogP contribution in [0.1, 0.15) is 46.6 Å². The number of hydrogen-bond donors (Lipinski definition) is 1. The van der Waals surface area contributed by atoms with E-state index in [-0.39, 0.29) is 5.97 Å². The molecule has 1 aromatic carbocycles. The van der Waals surface area contributed by atoms with Gasteiger partial charge in [-0.05, 0) is 35.6 Å². The standard InChI is InChI=1S/C17H21NO2S/c1-3-5-15(16-6-4-11-21-16)18-12-13-7-9-14(10-8-13)17(19)20-2/h4,6-11,15,18H,3,5,12H2,1-2H3. The highest BCUT2D eigenvalue weighted by atomic mass is 32.1. The van der Waals surface area contributed by atoms with Gasteiger partial charge >= 0.3 is 5.97 Å². The van der Waals surface area contributed by atoms with E-state index in [0.29, 0.717) is 11.6 Å². The van der Waals surface area contributed by atoms with Gasteiger partial charge in [-0.1, -0.05) is 31.5 Å². The van der Waals surface area contributed by atoms with E-state index in [1.165, 1.54) is 17.6 Å². The zero-order valence-corrected chi connectivity index (χ0v) is 13.3. The number of carbonyl (C=O) groups is 1. The third kappa shape index (κ3) is 4.41. The zero-order chi connectivity index (χ0) is 15.1. The van der Waals surface area contributed by atoms with Crippen LogP contribution in [0.25, 0.3) is 0 Å². The predicted molar refractivity (Wildman–Crippen MR) is 86.6 cm³/mol. The lowest BCUT2D eigenvalue weighted by Gasteiger charge is -2.17. The van der Waals surface area contributed by atoms with Crippen LogP contribution in [0.15, 0.2) is 41.8 Å². The van der Waals surface area contributed by atoms with Gasteiger partial charge in [-0.2, -0.15) is 0 Å². The smallest absolute Gasteiger partial charge is 0.337 e. The van der Waals surface area contributed by atoms with E-state index in [4.69, 9.17) is 4.74 Å². The van der Waals surface area contributed by atoms with Crippen LogP contribution >= 0.6 is 11.3 Å². The lowest BCUT2D eigenvalue weighted by atomic mass is 10.1. The molecule has 2 rings (SSSR count). The molecule has 21 heavy (non-hydrogen) atoms. The number of esters is 1. The third-order valence-corrected chi connectivity index (χ3v) is 4.38. The molecule has 0 saturated carbocycles. The van der Waals surface area contributed by atoms with E-state index in [1.54, 1.807) is 11.3 Å². The number of methoxy groups -OCH3 is 1. The van der Waals surface area contributed by atoms with E-state index >= 15 is 0 Å². The summed E-state index contributed by atoms with van der Waals surface area (Å²) in [5.74, 6) is -0.294. The van der Waals surface area contributed by atoms with Crippen molar-refractivity contribution < 1.29 is 9.53 Å². The molecule has 0 bridgehead atoms. The van der Waals surface area contributed by atoms with Crippen molar-refractivity contribution in [3.05, 3.63) is 57.8 Å². The van der Waals surface area contributed by atoms with Crippen LogP contribution in [0.3, 0.4) is 0 Å². The second-order valence-electron chi connectivity index (χ2n) is 4.93. The van der Waals surface area contributed by atoms with Gasteiger partial charge in [-0.15, -0.1) is 11.3 Å². The second kappa shape index (κ2) is 7.96. The first-order valence-corrected chi connectivity index (χ1v) is 8.06. The molecular weight excluding hydrogens is 282 g/mol. The molecule has 1 heterocycles. The van der Waals surface area contributed by atoms with E-state index in [9.17, 15) is 4.79 Å². The second-order valence-corrected chi connectivity index (χ2v) is 5.91. The summed E-state index contributed by atoms with van der Waals surface area (Å²) in [5.41, 5.74) is 1.75. The highest BCUT2D eigenvalue weighted by Gasteiger charge is 2.11. The highest BCUT2D eigenvalue weighted by Crippen LogP contribution is 2.23. The van der Waals surface area contributed by atoms with Crippen LogP contribution in [-0.4, -0.2) is 13.1 Å². The zero-order valence-electron chi connectivity index (χ0n) is 12.5. The number of thiophene rings is 1. The topological polar surface area (TPSA) is 38.3 Å². The molecule has 0 aliphatic heterocycles. The monoisotopic (exact) mass is 303 g/mol. The van der Waals surface area contributed by atoms with E-state index in [1.807, 2.05) is 24.3 Å². The van der Waals surface area contributed by atoms with Crippen molar-refractivity contribution in [2.75, 3.05) is 7.11 Å². The number of nitrogens with one attached hydrogen (secondary N) is 1. The molecule has 0 fully saturated rings. The number of ether oxygens (including phenoxy) is 1. The molecule has 1 unspecified atom stereocenters. The van der Waals surface area contributed by atoms with Gasteiger partial charge in [0.2, 0.25) is 0 Å². The SMILES string of the molecule is CCCC(NCc1ccc(C(=O)OC)cc1)c1cccs1. The van der Waals surface area contributed by atoms with Crippen LogP contribution in [0.2, 0.25) is 0 Å². The van der Waals surface area contributed by atoms with E-state index in [2.05, 4.69) is 29.8 Å². The summed E-state index contributed by atoms with van der Waals surface area (Å²) in [6, 6.07) is 12.2. The van der Waals surface area contributed by atoms with Crippen molar-refractivity contribution in [1.29, 1.82) is 0 Å². The summed E-state index contributed by atoms with van der Waals surface area (Å²) in [5, 5.41) is 5.71. The molecular formula is C17H21NO2S. The quantitative estimate of drug-likeness (QED) is 0.780. The van der Waals surface area contributed by atoms with Crippen molar-refractivity contribution in [3.63, 3.8) is 0 Å².